The van der Waals surface area contributed by atoms with E-state index in [1.807, 2.05) is 27.7 Å². The quantitative estimate of drug-likeness (QED) is 0.419. The molecule has 0 aliphatic rings. The lowest BCUT2D eigenvalue weighted by atomic mass is 10.1. The Labute approximate surface area is 115 Å². The van der Waals surface area contributed by atoms with E-state index < -0.39 is 11.7 Å². The van der Waals surface area contributed by atoms with Gasteiger partial charge in [-0.05, 0) is 40.5 Å². The van der Waals surface area contributed by atoms with Crippen LogP contribution in [0, 0.1) is 0 Å². The molecule has 0 bridgehead atoms. The van der Waals surface area contributed by atoms with Crippen molar-refractivity contribution in [3.05, 3.63) is 12.3 Å². The molecule has 19 heavy (non-hydrogen) atoms. The van der Waals surface area contributed by atoms with Crippen LogP contribution in [0.5, 0.6) is 0 Å². The van der Waals surface area contributed by atoms with Crippen LogP contribution >= 0.6 is 0 Å². The molecule has 0 rings (SSSR count). The van der Waals surface area contributed by atoms with Gasteiger partial charge in [0.05, 0.1) is 6.61 Å². The van der Waals surface area contributed by atoms with Crippen LogP contribution < -0.4 is 5.32 Å². The lowest BCUT2D eigenvalue weighted by Gasteiger charge is -2.19. The number of ketones is 1. The van der Waals surface area contributed by atoms with Gasteiger partial charge in [0.15, 0.2) is 11.5 Å². The summed E-state index contributed by atoms with van der Waals surface area (Å²) in [5.74, 6) is 0.127. The van der Waals surface area contributed by atoms with Gasteiger partial charge >= 0.3 is 6.09 Å². The summed E-state index contributed by atoms with van der Waals surface area (Å²) < 4.78 is 10.1. The van der Waals surface area contributed by atoms with E-state index in [1.54, 1.807) is 0 Å². The summed E-state index contributed by atoms with van der Waals surface area (Å²) in [5.41, 5.74) is -0.491. The Morgan fingerprint density at radius 3 is 2.37 bits per heavy atom. The fraction of sp³-hybridized carbons (Fsp3) is 0.714. The first-order chi connectivity index (χ1) is 8.76. The van der Waals surface area contributed by atoms with Gasteiger partial charge in [-0.25, -0.2) is 4.79 Å². The zero-order valence-electron chi connectivity index (χ0n) is 12.4. The largest absolute Gasteiger partial charge is 0.491 e. The van der Waals surface area contributed by atoms with E-state index in [2.05, 4.69) is 11.9 Å². The first kappa shape index (κ1) is 17.5. The normalized spacial score (nSPS) is 10.7. The van der Waals surface area contributed by atoms with Crippen molar-refractivity contribution in [2.24, 2.45) is 0 Å². The Hall–Kier alpha value is -1.52. The van der Waals surface area contributed by atoms with Crippen LogP contribution in [0.3, 0.4) is 0 Å². The maximum absolute atomic E-state index is 11.5. The molecule has 0 aromatic carbocycles. The van der Waals surface area contributed by atoms with E-state index in [9.17, 15) is 9.59 Å². The van der Waals surface area contributed by atoms with Crippen LogP contribution in [0.25, 0.3) is 0 Å². The summed E-state index contributed by atoms with van der Waals surface area (Å²) in [6.07, 6.45) is 1.34. The number of alkyl carbamates (subject to hydrolysis) is 1. The SMILES string of the molecule is C=C(OCC)C(=O)CCCCNC(=O)OC(C)(C)C. The van der Waals surface area contributed by atoms with Crippen LogP contribution in [-0.2, 0) is 14.3 Å². The molecule has 0 saturated carbocycles. The average Bonchev–Trinajstić information content (AvgIpc) is 2.26. The van der Waals surface area contributed by atoms with E-state index in [0.29, 0.717) is 32.4 Å². The summed E-state index contributed by atoms with van der Waals surface area (Å²) in [5, 5.41) is 2.64. The molecule has 1 N–H and O–H groups in total. The minimum atomic E-state index is -0.491. The Kier molecular flexibility index (Phi) is 7.87. The fourth-order valence-corrected chi connectivity index (χ4v) is 1.31. The molecular formula is C14H25NO4. The van der Waals surface area contributed by atoms with Gasteiger partial charge in [0.2, 0.25) is 0 Å². The van der Waals surface area contributed by atoms with Gasteiger partial charge in [-0.1, -0.05) is 6.58 Å². The molecule has 0 aliphatic heterocycles. The summed E-state index contributed by atoms with van der Waals surface area (Å²) in [6.45, 7) is 11.7. The monoisotopic (exact) mass is 271 g/mol. The molecule has 0 heterocycles. The number of unbranched alkanes of at least 4 members (excludes halogenated alkanes) is 1. The first-order valence-corrected chi connectivity index (χ1v) is 6.58. The van der Waals surface area contributed by atoms with Gasteiger partial charge in [0.1, 0.15) is 5.60 Å². The van der Waals surface area contributed by atoms with Gasteiger partial charge in [0.25, 0.3) is 0 Å². The van der Waals surface area contributed by atoms with E-state index in [0.717, 1.165) is 0 Å². The first-order valence-electron chi connectivity index (χ1n) is 6.58. The second-order valence-corrected chi connectivity index (χ2v) is 5.17. The van der Waals surface area contributed by atoms with Gasteiger partial charge in [-0.3, -0.25) is 4.79 Å². The number of Topliss-reactive ketones (excluding diaryl/α,β-unsaturated/α-hetero) is 1. The molecule has 0 saturated heterocycles. The Morgan fingerprint density at radius 1 is 1.21 bits per heavy atom. The number of allylic oxidation sites excluding steroid dienone is 1. The van der Waals surface area contributed by atoms with Gasteiger partial charge in [-0.2, -0.15) is 0 Å². The highest BCUT2D eigenvalue weighted by atomic mass is 16.6. The van der Waals surface area contributed by atoms with Crippen LogP contribution in [0.1, 0.15) is 47.0 Å². The highest BCUT2D eigenvalue weighted by Gasteiger charge is 2.15. The minimum Gasteiger partial charge on any atom is -0.491 e. The number of rotatable bonds is 8. The van der Waals surface area contributed by atoms with E-state index in [-0.39, 0.29) is 11.5 Å². The van der Waals surface area contributed by atoms with Crippen LogP contribution in [0.15, 0.2) is 12.3 Å². The predicted octanol–water partition coefficient (Wildman–Crippen LogP) is 2.80. The van der Waals surface area contributed by atoms with Crippen molar-refractivity contribution in [3.8, 4) is 0 Å². The molecule has 0 aliphatic carbocycles. The molecule has 0 unspecified atom stereocenters. The zero-order chi connectivity index (χ0) is 14.9. The minimum absolute atomic E-state index is 0.0841. The van der Waals surface area contributed by atoms with Gasteiger partial charge in [-0.15, -0.1) is 0 Å². The second kappa shape index (κ2) is 8.56. The van der Waals surface area contributed by atoms with Crippen molar-refractivity contribution < 1.29 is 19.1 Å². The molecule has 5 nitrogen and oxygen atoms in total. The van der Waals surface area contributed by atoms with Gasteiger partial charge < -0.3 is 14.8 Å². The number of carbonyl (C=O) groups is 2. The molecule has 1 amide bonds. The standard InChI is InChI=1S/C14H25NO4/c1-6-18-11(2)12(16)9-7-8-10-15-13(17)19-14(3,4)5/h2,6-10H2,1,3-5H3,(H,15,17). The zero-order valence-corrected chi connectivity index (χ0v) is 12.4. The maximum atomic E-state index is 11.5. The van der Waals surface area contributed by atoms with Crippen LogP contribution in [0.4, 0.5) is 4.79 Å². The molecule has 0 radical (unpaired) electrons. The van der Waals surface area contributed by atoms with Crippen molar-refractivity contribution in [2.75, 3.05) is 13.2 Å². The third-order valence-electron chi connectivity index (χ3n) is 2.13. The van der Waals surface area contributed by atoms with Gasteiger partial charge in [0, 0.05) is 13.0 Å². The summed E-state index contributed by atoms with van der Waals surface area (Å²) in [6, 6.07) is 0. The summed E-state index contributed by atoms with van der Waals surface area (Å²) in [7, 11) is 0. The highest BCUT2D eigenvalue weighted by Crippen LogP contribution is 2.07. The van der Waals surface area contributed by atoms with Crippen molar-refractivity contribution in [1.82, 2.24) is 5.32 Å². The third-order valence-corrected chi connectivity index (χ3v) is 2.13. The number of carbonyl (C=O) groups excluding carboxylic acids is 2. The predicted molar refractivity (Wildman–Crippen MR) is 73.9 cm³/mol. The lowest BCUT2D eigenvalue weighted by Crippen LogP contribution is -2.33. The number of hydrogen-bond acceptors (Lipinski definition) is 4. The Morgan fingerprint density at radius 2 is 1.84 bits per heavy atom. The molecular weight excluding hydrogens is 246 g/mol. The highest BCUT2D eigenvalue weighted by molar-refractivity contribution is 5.92. The smallest absolute Gasteiger partial charge is 0.407 e. The Bertz CT molecular complexity index is 318. The summed E-state index contributed by atoms with van der Waals surface area (Å²) in [4.78, 5) is 22.8. The maximum Gasteiger partial charge on any atom is 0.407 e. The second-order valence-electron chi connectivity index (χ2n) is 5.17. The number of amides is 1. The van der Waals surface area contributed by atoms with E-state index in [1.165, 1.54) is 0 Å². The Balaban J connectivity index is 3.63. The molecule has 110 valence electrons. The number of ether oxygens (including phenoxy) is 2. The van der Waals surface area contributed by atoms with E-state index in [4.69, 9.17) is 9.47 Å². The summed E-state index contributed by atoms with van der Waals surface area (Å²) >= 11 is 0. The molecule has 0 spiro atoms. The number of nitrogens with one attached hydrogen (secondary N) is 1. The van der Waals surface area contributed by atoms with Crippen molar-refractivity contribution >= 4 is 11.9 Å². The average molecular weight is 271 g/mol. The lowest BCUT2D eigenvalue weighted by molar-refractivity contribution is -0.118. The fourth-order valence-electron chi connectivity index (χ4n) is 1.31. The molecule has 5 heteroatoms. The van der Waals surface area contributed by atoms with Crippen LogP contribution in [-0.4, -0.2) is 30.6 Å². The molecule has 0 atom stereocenters. The molecule has 0 aromatic rings. The van der Waals surface area contributed by atoms with Crippen LogP contribution in [0.2, 0.25) is 0 Å². The topological polar surface area (TPSA) is 64.6 Å². The van der Waals surface area contributed by atoms with Crippen molar-refractivity contribution in [3.63, 3.8) is 0 Å². The van der Waals surface area contributed by atoms with Crippen molar-refractivity contribution in [2.45, 2.75) is 52.6 Å². The number of hydrogen-bond donors (Lipinski definition) is 1. The molecule has 0 aromatic heterocycles. The van der Waals surface area contributed by atoms with Crippen molar-refractivity contribution in [1.29, 1.82) is 0 Å². The van der Waals surface area contributed by atoms with E-state index >= 15 is 0 Å². The third kappa shape index (κ3) is 10.1. The molecule has 0 fully saturated rings.